The number of nitrogens with one attached hydrogen (secondary N) is 1. The van der Waals surface area contributed by atoms with Gasteiger partial charge in [-0.25, -0.2) is 4.98 Å². The van der Waals surface area contributed by atoms with Crippen LogP contribution in [0, 0.1) is 6.92 Å². The fourth-order valence-corrected chi connectivity index (χ4v) is 3.57. The average molecular weight is 370 g/mol. The van der Waals surface area contributed by atoms with Gasteiger partial charge in [0.05, 0.1) is 0 Å². The molecule has 1 N–H and O–H groups in total. The Bertz CT molecular complexity index is 968. The second-order valence-electron chi connectivity index (χ2n) is 6.55. The molecule has 3 rings (SSSR count). The van der Waals surface area contributed by atoms with Crippen molar-refractivity contribution in [2.75, 3.05) is 5.32 Å². The van der Waals surface area contributed by atoms with Gasteiger partial charge >= 0.3 is 4.87 Å². The Morgan fingerprint density at radius 3 is 2.85 bits per heavy atom. The molecule has 1 amide bonds. The maximum Gasteiger partial charge on any atom is 0.307 e. The monoisotopic (exact) mass is 370 g/mol. The first kappa shape index (κ1) is 18.1. The van der Waals surface area contributed by atoms with Crippen molar-refractivity contribution in [3.05, 3.63) is 68.8 Å². The third kappa shape index (κ3) is 4.11. The molecule has 136 valence electrons. The van der Waals surface area contributed by atoms with Crippen molar-refractivity contribution in [3.8, 4) is 0 Å². The number of aryl methyl sites for hydroxylation is 1. The summed E-state index contributed by atoms with van der Waals surface area (Å²) < 4.78 is 3.59. The van der Waals surface area contributed by atoms with Gasteiger partial charge in [-0.2, -0.15) is 0 Å². The molecule has 0 aliphatic heterocycles. The van der Waals surface area contributed by atoms with E-state index < -0.39 is 0 Å². The maximum atomic E-state index is 12.3. The van der Waals surface area contributed by atoms with Crippen molar-refractivity contribution in [1.29, 1.82) is 0 Å². The summed E-state index contributed by atoms with van der Waals surface area (Å²) in [5.41, 5.74) is 2.59. The summed E-state index contributed by atoms with van der Waals surface area (Å²) in [6.07, 6.45) is 3.77. The van der Waals surface area contributed by atoms with Crippen LogP contribution in [0.3, 0.4) is 0 Å². The van der Waals surface area contributed by atoms with Gasteiger partial charge in [-0.05, 0) is 24.6 Å². The van der Waals surface area contributed by atoms with Crippen molar-refractivity contribution in [3.63, 3.8) is 0 Å². The van der Waals surface area contributed by atoms with Crippen LogP contribution in [0.4, 0.5) is 5.69 Å². The van der Waals surface area contributed by atoms with E-state index in [9.17, 15) is 9.59 Å². The Balaban J connectivity index is 1.70. The van der Waals surface area contributed by atoms with E-state index in [1.54, 1.807) is 5.38 Å². The van der Waals surface area contributed by atoms with E-state index in [1.165, 1.54) is 4.57 Å². The molecule has 0 saturated carbocycles. The SMILES string of the molecule is Cc1csc(=O)n1CC(=O)Nc1cccc(Cn2ccnc2C(C)C)c1. The van der Waals surface area contributed by atoms with Crippen molar-refractivity contribution in [2.45, 2.75) is 39.8 Å². The molecule has 0 aliphatic rings. The number of rotatable bonds is 6. The van der Waals surface area contributed by atoms with Crippen LogP contribution in [-0.4, -0.2) is 20.0 Å². The number of imidazole rings is 1. The molecule has 0 saturated heterocycles. The number of hydrogen-bond donors (Lipinski definition) is 1. The fraction of sp³-hybridized carbons (Fsp3) is 0.316. The number of anilines is 1. The summed E-state index contributed by atoms with van der Waals surface area (Å²) in [7, 11) is 0. The van der Waals surface area contributed by atoms with E-state index in [0.29, 0.717) is 12.5 Å². The number of aromatic nitrogens is 3. The largest absolute Gasteiger partial charge is 0.330 e. The van der Waals surface area contributed by atoms with Crippen LogP contribution < -0.4 is 10.2 Å². The molecule has 0 fully saturated rings. The van der Waals surface area contributed by atoms with Gasteiger partial charge in [-0.1, -0.05) is 37.3 Å². The Morgan fingerprint density at radius 2 is 2.15 bits per heavy atom. The number of benzene rings is 1. The highest BCUT2D eigenvalue weighted by molar-refractivity contribution is 7.07. The molecule has 3 aromatic rings. The summed E-state index contributed by atoms with van der Waals surface area (Å²) in [4.78, 5) is 28.3. The second kappa shape index (κ2) is 7.70. The molecule has 2 aromatic heterocycles. The molecule has 0 radical (unpaired) electrons. The smallest absolute Gasteiger partial charge is 0.307 e. The minimum atomic E-state index is -0.212. The molecule has 1 aromatic carbocycles. The van der Waals surface area contributed by atoms with Gasteiger partial charge in [-0.3, -0.25) is 14.2 Å². The van der Waals surface area contributed by atoms with Gasteiger partial charge in [0.2, 0.25) is 5.91 Å². The van der Waals surface area contributed by atoms with Crippen LogP contribution in [-0.2, 0) is 17.9 Å². The molecule has 26 heavy (non-hydrogen) atoms. The molecule has 0 aliphatic carbocycles. The summed E-state index contributed by atoms with van der Waals surface area (Å²) in [6.45, 7) is 6.77. The minimum Gasteiger partial charge on any atom is -0.330 e. The number of nitrogens with zero attached hydrogens (tertiary/aromatic N) is 3. The van der Waals surface area contributed by atoms with Gasteiger partial charge in [0.1, 0.15) is 12.4 Å². The van der Waals surface area contributed by atoms with Crippen molar-refractivity contribution < 1.29 is 4.79 Å². The lowest BCUT2D eigenvalue weighted by molar-refractivity contribution is -0.116. The summed E-state index contributed by atoms with van der Waals surface area (Å²) in [6, 6.07) is 7.74. The predicted octanol–water partition coefficient (Wildman–Crippen LogP) is 3.23. The third-order valence-electron chi connectivity index (χ3n) is 4.11. The highest BCUT2D eigenvalue weighted by atomic mass is 32.1. The molecule has 6 nitrogen and oxygen atoms in total. The van der Waals surface area contributed by atoms with E-state index in [0.717, 1.165) is 34.1 Å². The first-order valence-electron chi connectivity index (χ1n) is 8.49. The van der Waals surface area contributed by atoms with Crippen LogP contribution in [0.2, 0.25) is 0 Å². The highest BCUT2D eigenvalue weighted by Crippen LogP contribution is 2.16. The predicted molar refractivity (Wildman–Crippen MR) is 104 cm³/mol. The zero-order valence-electron chi connectivity index (χ0n) is 15.1. The second-order valence-corrected chi connectivity index (χ2v) is 7.37. The average Bonchev–Trinajstić information content (AvgIpc) is 3.17. The number of thiazole rings is 1. The van der Waals surface area contributed by atoms with E-state index >= 15 is 0 Å². The zero-order chi connectivity index (χ0) is 18.7. The number of amides is 1. The standard InChI is InChI=1S/C19H22N4O2S/c1-13(2)18-20-7-8-22(18)10-15-5-4-6-16(9-15)21-17(24)11-23-14(3)12-26-19(23)25/h4-9,12-13H,10-11H2,1-3H3,(H,21,24). The summed E-state index contributed by atoms with van der Waals surface area (Å²) in [5.74, 6) is 1.17. The Kier molecular flexibility index (Phi) is 5.37. The lowest BCUT2D eigenvalue weighted by atomic mass is 10.1. The molecule has 2 heterocycles. The molecule has 7 heteroatoms. The quantitative estimate of drug-likeness (QED) is 0.724. The van der Waals surface area contributed by atoms with Crippen LogP contribution in [0.25, 0.3) is 0 Å². The van der Waals surface area contributed by atoms with Gasteiger partial charge in [0.15, 0.2) is 0 Å². The minimum absolute atomic E-state index is 0.0252. The van der Waals surface area contributed by atoms with Gasteiger partial charge in [0.25, 0.3) is 0 Å². The van der Waals surface area contributed by atoms with E-state index in [2.05, 4.69) is 28.7 Å². The number of hydrogen-bond acceptors (Lipinski definition) is 4. The Morgan fingerprint density at radius 1 is 1.35 bits per heavy atom. The van der Waals surface area contributed by atoms with Crippen LogP contribution in [0.1, 0.15) is 36.8 Å². The van der Waals surface area contributed by atoms with E-state index in [1.807, 2.05) is 43.6 Å². The molecule has 0 spiro atoms. The lowest BCUT2D eigenvalue weighted by Gasteiger charge is -2.12. The maximum absolute atomic E-state index is 12.3. The Labute approximate surface area is 156 Å². The number of carbonyl (C=O) groups is 1. The molecule has 0 atom stereocenters. The van der Waals surface area contributed by atoms with E-state index in [-0.39, 0.29) is 17.3 Å². The Hall–Kier alpha value is -2.67. The molecular formula is C19H22N4O2S. The fourth-order valence-electron chi connectivity index (χ4n) is 2.84. The van der Waals surface area contributed by atoms with Crippen LogP contribution in [0.5, 0.6) is 0 Å². The highest BCUT2D eigenvalue weighted by Gasteiger charge is 2.10. The van der Waals surface area contributed by atoms with Crippen LogP contribution in [0.15, 0.2) is 46.8 Å². The topological polar surface area (TPSA) is 68.9 Å². The number of carbonyl (C=O) groups excluding carboxylic acids is 1. The van der Waals surface area contributed by atoms with Crippen molar-refractivity contribution >= 4 is 22.9 Å². The zero-order valence-corrected chi connectivity index (χ0v) is 15.9. The molecular weight excluding hydrogens is 348 g/mol. The van der Waals surface area contributed by atoms with Crippen LogP contribution >= 0.6 is 11.3 Å². The normalized spacial score (nSPS) is 11.1. The molecule has 0 bridgehead atoms. The first-order valence-corrected chi connectivity index (χ1v) is 9.36. The third-order valence-corrected chi connectivity index (χ3v) is 4.99. The summed E-state index contributed by atoms with van der Waals surface area (Å²) >= 11 is 1.11. The molecule has 0 unspecified atom stereocenters. The lowest BCUT2D eigenvalue weighted by Crippen LogP contribution is -2.25. The van der Waals surface area contributed by atoms with E-state index in [4.69, 9.17) is 0 Å². The van der Waals surface area contributed by atoms with Gasteiger partial charge in [0, 0.05) is 41.6 Å². The van der Waals surface area contributed by atoms with Crippen molar-refractivity contribution in [2.24, 2.45) is 0 Å². The summed E-state index contributed by atoms with van der Waals surface area (Å²) in [5, 5.41) is 4.63. The first-order chi connectivity index (χ1) is 12.4. The van der Waals surface area contributed by atoms with Gasteiger partial charge in [-0.15, -0.1) is 0 Å². The van der Waals surface area contributed by atoms with Crippen molar-refractivity contribution in [1.82, 2.24) is 14.1 Å². The van der Waals surface area contributed by atoms with Gasteiger partial charge < -0.3 is 9.88 Å².